The minimum Gasteiger partial charge on any atom is -0.350 e. The lowest BCUT2D eigenvalue weighted by molar-refractivity contribution is -0.126. The number of nitrogens with one attached hydrogen (secondary N) is 2. The molecule has 0 aromatic heterocycles. The molecule has 0 saturated carbocycles. The third kappa shape index (κ3) is 2.43. The first kappa shape index (κ1) is 10.8. The Bertz CT molecular complexity index is 279. The van der Waals surface area contributed by atoms with Crippen LogP contribution >= 0.6 is 11.8 Å². The SMILES string of the molecule is CN1CC(NC(=O)[C@H]2CSCN2)CC1=O. The fourth-order valence-corrected chi connectivity index (χ4v) is 2.77. The second-order valence-electron chi connectivity index (χ2n) is 3.96. The molecule has 2 N–H and O–H groups in total. The van der Waals surface area contributed by atoms with E-state index in [1.165, 1.54) is 0 Å². The Balaban J connectivity index is 1.82. The lowest BCUT2D eigenvalue weighted by atomic mass is 10.2. The molecule has 0 aliphatic carbocycles. The number of thioether (sulfide) groups is 1. The quantitative estimate of drug-likeness (QED) is 0.637. The van der Waals surface area contributed by atoms with Gasteiger partial charge < -0.3 is 10.2 Å². The third-order valence-electron chi connectivity index (χ3n) is 2.72. The van der Waals surface area contributed by atoms with Crippen molar-refractivity contribution in [2.75, 3.05) is 25.2 Å². The van der Waals surface area contributed by atoms with Crippen LogP contribution in [0.15, 0.2) is 0 Å². The maximum Gasteiger partial charge on any atom is 0.238 e. The largest absolute Gasteiger partial charge is 0.350 e. The van der Waals surface area contributed by atoms with Gasteiger partial charge in [0.15, 0.2) is 0 Å². The Morgan fingerprint density at radius 2 is 2.47 bits per heavy atom. The van der Waals surface area contributed by atoms with Crippen LogP contribution in [0.5, 0.6) is 0 Å². The fourth-order valence-electron chi connectivity index (χ4n) is 1.83. The van der Waals surface area contributed by atoms with Gasteiger partial charge in [0.25, 0.3) is 0 Å². The highest BCUT2D eigenvalue weighted by Gasteiger charge is 2.30. The Hall–Kier alpha value is -0.750. The van der Waals surface area contributed by atoms with Crippen LogP contribution in [0.25, 0.3) is 0 Å². The Labute approximate surface area is 93.0 Å². The lowest BCUT2D eigenvalue weighted by Gasteiger charge is -2.15. The van der Waals surface area contributed by atoms with Gasteiger partial charge in [-0.05, 0) is 0 Å². The average molecular weight is 229 g/mol. The van der Waals surface area contributed by atoms with Gasteiger partial charge in [-0.25, -0.2) is 0 Å². The number of amides is 2. The molecule has 2 rings (SSSR count). The van der Waals surface area contributed by atoms with E-state index in [2.05, 4.69) is 10.6 Å². The molecule has 2 amide bonds. The van der Waals surface area contributed by atoms with Crippen molar-refractivity contribution < 1.29 is 9.59 Å². The van der Waals surface area contributed by atoms with Crippen LogP contribution < -0.4 is 10.6 Å². The summed E-state index contributed by atoms with van der Waals surface area (Å²) < 4.78 is 0. The summed E-state index contributed by atoms with van der Waals surface area (Å²) in [4.78, 5) is 24.6. The van der Waals surface area contributed by atoms with Crippen molar-refractivity contribution in [3.8, 4) is 0 Å². The summed E-state index contributed by atoms with van der Waals surface area (Å²) in [5, 5.41) is 6.01. The number of carbonyl (C=O) groups is 2. The van der Waals surface area contributed by atoms with E-state index < -0.39 is 0 Å². The van der Waals surface area contributed by atoms with Gasteiger partial charge in [-0.2, -0.15) is 0 Å². The predicted octanol–water partition coefficient (Wildman–Crippen LogP) is -1.00. The van der Waals surface area contributed by atoms with Crippen LogP contribution in [0.1, 0.15) is 6.42 Å². The van der Waals surface area contributed by atoms with Gasteiger partial charge in [0.2, 0.25) is 11.8 Å². The second-order valence-corrected chi connectivity index (χ2v) is 4.99. The van der Waals surface area contributed by atoms with E-state index in [4.69, 9.17) is 0 Å². The summed E-state index contributed by atoms with van der Waals surface area (Å²) in [6, 6.07) is -0.0987. The van der Waals surface area contributed by atoms with Crippen LogP contribution in [-0.4, -0.2) is 54.0 Å². The number of likely N-dealkylation sites (N-methyl/N-ethyl adjacent to an activating group) is 1. The molecule has 84 valence electrons. The predicted molar refractivity (Wildman–Crippen MR) is 58.4 cm³/mol. The van der Waals surface area contributed by atoms with Gasteiger partial charge >= 0.3 is 0 Å². The molecular weight excluding hydrogens is 214 g/mol. The van der Waals surface area contributed by atoms with Gasteiger partial charge in [0, 0.05) is 31.6 Å². The molecule has 5 nitrogen and oxygen atoms in total. The van der Waals surface area contributed by atoms with Crippen LogP contribution in [0.2, 0.25) is 0 Å². The van der Waals surface area contributed by atoms with Crippen LogP contribution in [0.3, 0.4) is 0 Å². The maximum atomic E-state index is 11.7. The highest BCUT2D eigenvalue weighted by molar-refractivity contribution is 7.99. The first-order chi connectivity index (χ1) is 7.16. The normalized spacial score (nSPS) is 31.0. The molecule has 2 aliphatic heterocycles. The maximum absolute atomic E-state index is 11.7. The number of hydrogen-bond donors (Lipinski definition) is 2. The van der Waals surface area contributed by atoms with Gasteiger partial charge in [0.05, 0.1) is 12.1 Å². The standard InChI is InChI=1S/C9H15N3O2S/c1-12-3-6(2-8(12)13)11-9(14)7-4-15-5-10-7/h6-7,10H,2-5H2,1H3,(H,11,14)/t6?,7-/m1/s1. The number of carbonyl (C=O) groups excluding carboxylic acids is 2. The van der Waals surface area contributed by atoms with Gasteiger partial charge in [-0.15, -0.1) is 11.8 Å². The van der Waals surface area contributed by atoms with Crippen molar-refractivity contribution in [1.29, 1.82) is 0 Å². The molecule has 0 aromatic carbocycles. The summed E-state index contributed by atoms with van der Waals surface area (Å²) in [6.07, 6.45) is 0.433. The monoisotopic (exact) mass is 229 g/mol. The van der Waals surface area contributed by atoms with E-state index in [-0.39, 0.29) is 23.9 Å². The summed E-state index contributed by atoms with van der Waals surface area (Å²) in [5.74, 6) is 1.78. The molecule has 2 fully saturated rings. The van der Waals surface area contributed by atoms with E-state index in [9.17, 15) is 9.59 Å². The number of hydrogen-bond acceptors (Lipinski definition) is 4. The smallest absolute Gasteiger partial charge is 0.238 e. The van der Waals surface area contributed by atoms with E-state index >= 15 is 0 Å². The van der Waals surface area contributed by atoms with Crippen molar-refractivity contribution in [3.63, 3.8) is 0 Å². The number of likely N-dealkylation sites (tertiary alicyclic amines) is 1. The highest BCUT2D eigenvalue weighted by Crippen LogP contribution is 2.12. The van der Waals surface area contributed by atoms with Crippen molar-refractivity contribution >= 4 is 23.6 Å². The molecule has 0 spiro atoms. The molecule has 0 aromatic rings. The van der Waals surface area contributed by atoms with Gasteiger partial charge in [0.1, 0.15) is 0 Å². The Morgan fingerprint density at radius 3 is 3.00 bits per heavy atom. The van der Waals surface area contributed by atoms with Gasteiger partial charge in [-0.3, -0.25) is 14.9 Å². The molecular formula is C9H15N3O2S. The molecule has 2 heterocycles. The second kappa shape index (κ2) is 4.40. The molecule has 2 atom stereocenters. The van der Waals surface area contributed by atoms with E-state index in [0.717, 1.165) is 11.6 Å². The van der Waals surface area contributed by atoms with E-state index in [1.807, 2.05) is 0 Å². The van der Waals surface area contributed by atoms with Gasteiger partial charge in [-0.1, -0.05) is 0 Å². The summed E-state index contributed by atoms with van der Waals surface area (Å²) in [5.41, 5.74) is 0. The first-order valence-corrected chi connectivity index (χ1v) is 6.18. The summed E-state index contributed by atoms with van der Waals surface area (Å²) in [6.45, 7) is 0.629. The van der Waals surface area contributed by atoms with Crippen molar-refractivity contribution in [2.24, 2.45) is 0 Å². The topological polar surface area (TPSA) is 61.4 Å². The Kier molecular flexibility index (Phi) is 3.16. The molecule has 2 aliphatic rings. The molecule has 6 heteroatoms. The summed E-state index contributed by atoms with van der Waals surface area (Å²) >= 11 is 1.72. The molecule has 15 heavy (non-hydrogen) atoms. The van der Waals surface area contributed by atoms with E-state index in [0.29, 0.717) is 13.0 Å². The third-order valence-corrected chi connectivity index (χ3v) is 3.66. The number of nitrogens with zero attached hydrogens (tertiary/aromatic N) is 1. The van der Waals surface area contributed by atoms with E-state index in [1.54, 1.807) is 23.7 Å². The minimum absolute atomic E-state index is 0.0117. The van der Waals surface area contributed by atoms with Crippen LogP contribution in [-0.2, 0) is 9.59 Å². The van der Waals surface area contributed by atoms with Crippen LogP contribution in [0.4, 0.5) is 0 Å². The minimum atomic E-state index is -0.0870. The lowest BCUT2D eigenvalue weighted by Crippen LogP contribution is -2.47. The fraction of sp³-hybridized carbons (Fsp3) is 0.778. The zero-order valence-corrected chi connectivity index (χ0v) is 9.47. The molecule has 1 unspecified atom stereocenters. The molecule has 0 bridgehead atoms. The van der Waals surface area contributed by atoms with Crippen molar-refractivity contribution in [2.45, 2.75) is 18.5 Å². The Morgan fingerprint density at radius 1 is 1.67 bits per heavy atom. The van der Waals surface area contributed by atoms with Crippen molar-refractivity contribution in [3.05, 3.63) is 0 Å². The molecule has 0 radical (unpaired) electrons. The number of rotatable bonds is 2. The van der Waals surface area contributed by atoms with Crippen LogP contribution in [0, 0.1) is 0 Å². The zero-order chi connectivity index (χ0) is 10.8. The summed E-state index contributed by atoms with van der Waals surface area (Å²) in [7, 11) is 1.76. The first-order valence-electron chi connectivity index (χ1n) is 5.02. The average Bonchev–Trinajstić information content (AvgIpc) is 2.77. The van der Waals surface area contributed by atoms with Crippen molar-refractivity contribution in [1.82, 2.24) is 15.5 Å². The zero-order valence-electron chi connectivity index (χ0n) is 8.66. The highest BCUT2D eigenvalue weighted by atomic mass is 32.2. The molecule has 2 saturated heterocycles.